The van der Waals surface area contributed by atoms with E-state index in [0.29, 0.717) is 5.66 Å². The molecule has 102 valence electrons. The summed E-state index contributed by atoms with van der Waals surface area (Å²) < 4.78 is 0. The summed E-state index contributed by atoms with van der Waals surface area (Å²) in [4.78, 5) is 3.68. The van der Waals surface area contributed by atoms with Crippen LogP contribution in [0.25, 0.3) is 0 Å². The lowest BCUT2D eigenvalue weighted by atomic mass is 9.58. The highest BCUT2D eigenvalue weighted by molar-refractivity contribution is 5.02. The van der Waals surface area contributed by atoms with E-state index in [0.717, 1.165) is 0 Å². The first-order valence-corrected chi connectivity index (χ1v) is 7.87. The molecule has 5 rings (SSSR count). The number of hydrogen-bond acceptors (Lipinski definition) is 1. The second kappa shape index (κ2) is 3.31. The Bertz CT molecular complexity index is 335. The molecule has 0 radical (unpaired) electrons. The van der Waals surface area contributed by atoms with Crippen LogP contribution in [0.5, 0.6) is 0 Å². The van der Waals surface area contributed by atoms with Crippen molar-refractivity contribution in [1.82, 2.24) is 0 Å². The van der Waals surface area contributed by atoms with Gasteiger partial charge < -0.3 is 5.11 Å². The van der Waals surface area contributed by atoms with Crippen molar-refractivity contribution in [2.24, 2.45) is 10.8 Å². The largest absolute Gasteiger partial charge is 0.391 e. The van der Waals surface area contributed by atoms with Gasteiger partial charge in [0, 0.05) is 0 Å². The van der Waals surface area contributed by atoms with Gasteiger partial charge in [-0.1, -0.05) is 6.42 Å². The Morgan fingerprint density at radius 2 is 1.28 bits per heavy atom. The van der Waals surface area contributed by atoms with Gasteiger partial charge in [0.2, 0.25) is 5.66 Å². The normalized spacial score (nSPS) is 57.2. The minimum absolute atomic E-state index is 0.0709. The van der Waals surface area contributed by atoms with E-state index < -0.39 is 0 Å². The van der Waals surface area contributed by atoms with Crippen LogP contribution in [0.1, 0.15) is 46.0 Å². The van der Waals surface area contributed by atoms with Gasteiger partial charge in [0.15, 0.2) is 0 Å². The van der Waals surface area contributed by atoms with Crippen LogP contribution in [-0.2, 0) is 0 Å². The lowest BCUT2D eigenvalue weighted by Crippen LogP contribution is -3.49. The van der Waals surface area contributed by atoms with Crippen molar-refractivity contribution >= 4 is 0 Å². The van der Waals surface area contributed by atoms with Crippen LogP contribution in [0.3, 0.4) is 0 Å². The molecule has 0 aromatic heterocycles. The van der Waals surface area contributed by atoms with Gasteiger partial charge >= 0.3 is 0 Å². The van der Waals surface area contributed by atoms with E-state index in [1.807, 2.05) is 9.80 Å². The zero-order chi connectivity index (χ0) is 12.6. The Hall–Kier alpha value is -0.120. The molecule has 4 bridgehead atoms. The average Bonchev–Trinajstić information content (AvgIpc) is 2.32. The minimum Gasteiger partial charge on any atom is -0.391 e. The second-order valence-electron chi connectivity index (χ2n) is 8.27. The van der Waals surface area contributed by atoms with E-state index in [9.17, 15) is 5.11 Å². The molecular weight excluding hydrogens is 224 g/mol. The van der Waals surface area contributed by atoms with Gasteiger partial charge in [-0.2, -0.15) is 0 Å². The van der Waals surface area contributed by atoms with Crippen LogP contribution < -0.4 is 9.80 Å². The molecule has 3 N–H and O–H groups in total. The first kappa shape index (κ1) is 11.7. The molecule has 18 heavy (non-hydrogen) atoms. The first-order chi connectivity index (χ1) is 8.49. The maximum Gasteiger partial charge on any atom is 0.222 e. The summed E-state index contributed by atoms with van der Waals surface area (Å²) in [7, 11) is 0. The van der Waals surface area contributed by atoms with Crippen molar-refractivity contribution in [3.8, 4) is 0 Å². The van der Waals surface area contributed by atoms with Gasteiger partial charge in [0.05, 0.1) is 56.0 Å². The molecule has 1 spiro atoms. The van der Waals surface area contributed by atoms with Gasteiger partial charge in [-0.05, 0) is 26.7 Å². The van der Waals surface area contributed by atoms with E-state index in [2.05, 4.69) is 13.8 Å². The van der Waals surface area contributed by atoms with Crippen LogP contribution in [0.15, 0.2) is 0 Å². The maximum atomic E-state index is 10.7. The number of rotatable bonds is 0. The molecule has 5 fully saturated rings. The van der Waals surface area contributed by atoms with E-state index in [4.69, 9.17) is 0 Å². The lowest BCUT2D eigenvalue weighted by molar-refractivity contribution is -1.21. The number of aliphatic hydroxyl groups excluding tert-OH is 1. The third kappa shape index (κ3) is 1.21. The summed E-state index contributed by atoms with van der Waals surface area (Å²) in [5, 5.41) is 10.7. The van der Waals surface area contributed by atoms with Crippen LogP contribution in [-0.4, -0.2) is 43.1 Å². The predicted molar refractivity (Wildman–Crippen MR) is 69.4 cm³/mol. The summed E-state index contributed by atoms with van der Waals surface area (Å²) in [5.74, 6) is 0. The predicted octanol–water partition coefficient (Wildman–Crippen LogP) is -1.17. The Morgan fingerprint density at radius 1 is 0.833 bits per heavy atom. The van der Waals surface area contributed by atoms with Gasteiger partial charge in [-0.15, -0.1) is 0 Å². The van der Waals surface area contributed by atoms with Gasteiger partial charge in [-0.25, -0.2) is 0 Å². The highest BCUT2D eigenvalue weighted by Crippen LogP contribution is 2.41. The zero-order valence-corrected chi connectivity index (χ0v) is 11.9. The van der Waals surface area contributed by atoms with Gasteiger partial charge in [-0.3, -0.25) is 9.80 Å². The molecule has 4 heterocycles. The van der Waals surface area contributed by atoms with Crippen LogP contribution in [0, 0.1) is 10.8 Å². The first-order valence-electron chi connectivity index (χ1n) is 7.87. The summed E-state index contributed by atoms with van der Waals surface area (Å²) in [6.07, 6.45) is 7.10. The maximum absolute atomic E-state index is 10.7. The monoisotopic (exact) mass is 252 g/mol. The number of piperidine rings is 2. The molecule has 5 aliphatic rings. The van der Waals surface area contributed by atoms with E-state index in [1.165, 1.54) is 58.3 Å². The molecule has 3 heteroatoms. The average molecular weight is 252 g/mol. The van der Waals surface area contributed by atoms with E-state index >= 15 is 0 Å². The summed E-state index contributed by atoms with van der Waals surface area (Å²) in [6.45, 7) is 9.54. The molecule has 0 aromatic rings. The number of quaternary nitrogens is 2. The van der Waals surface area contributed by atoms with E-state index in [-0.39, 0.29) is 16.9 Å². The standard InChI is InChI=1S/C15H26N2O/c1-13-8-16-10-14(2,12(13)18)11-17(9-13)15(16)6-4-3-5-7-15/h12,18H,3-11H2,1-2H3/p+2. The molecule has 4 saturated heterocycles. The third-order valence-electron chi connectivity index (χ3n) is 6.85. The van der Waals surface area contributed by atoms with Crippen molar-refractivity contribution < 1.29 is 14.9 Å². The Labute approximate surface area is 110 Å². The Kier molecular flexibility index (Phi) is 2.15. The fraction of sp³-hybridized carbons (Fsp3) is 1.00. The van der Waals surface area contributed by atoms with Gasteiger partial charge in [0.1, 0.15) is 0 Å². The van der Waals surface area contributed by atoms with Crippen molar-refractivity contribution in [2.75, 3.05) is 26.2 Å². The van der Waals surface area contributed by atoms with Crippen LogP contribution in [0.4, 0.5) is 0 Å². The molecule has 0 unspecified atom stereocenters. The third-order valence-corrected chi connectivity index (χ3v) is 6.85. The molecule has 0 aromatic carbocycles. The van der Waals surface area contributed by atoms with Crippen LogP contribution >= 0.6 is 0 Å². The van der Waals surface area contributed by atoms with Gasteiger partial charge in [0.25, 0.3) is 0 Å². The van der Waals surface area contributed by atoms with Crippen molar-refractivity contribution in [1.29, 1.82) is 0 Å². The molecule has 4 aliphatic heterocycles. The topological polar surface area (TPSA) is 29.1 Å². The molecular formula is C15H28N2O+2. The number of nitrogens with one attached hydrogen (secondary N) is 2. The highest BCUT2D eigenvalue weighted by Gasteiger charge is 2.72. The van der Waals surface area contributed by atoms with Crippen molar-refractivity contribution in [3.63, 3.8) is 0 Å². The molecule has 3 nitrogen and oxygen atoms in total. The molecule has 0 amide bonds. The van der Waals surface area contributed by atoms with Crippen molar-refractivity contribution in [3.05, 3.63) is 0 Å². The Balaban J connectivity index is 1.74. The fourth-order valence-corrected chi connectivity index (χ4v) is 6.22. The second-order valence-corrected chi connectivity index (χ2v) is 8.27. The summed E-state index contributed by atoms with van der Waals surface area (Å²) in [6, 6.07) is 0. The smallest absolute Gasteiger partial charge is 0.222 e. The number of hydrogen-bond donors (Lipinski definition) is 3. The molecule has 1 saturated carbocycles. The fourth-order valence-electron chi connectivity index (χ4n) is 6.22. The molecule has 1 aliphatic carbocycles. The molecule has 0 atom stereocenters. The quantitative estimate of drug-likeness (QED) is 0.498. The van der Waals surface area contributed by atoms with Crippen LogP contribution in [0.2, 0.25) is 0 Å². The minimum atomic E-state index is -0.0709. The summed E-state index contributed by atoms with van der Waals surface area (Å²) >= 11 is 0. The number of aliphatic hydroxyl groups is 1. The Morgan fingerprint density at radius 3 is 1.72 bits per heavy atom. The van der Waals surface area contributed by atoms with E-state index in [1.54, 1.807) is 0 Å². The summed E-state index contributed by atoms with van der Waals surface area (Å²) in [5.41, 5.74) is 0.897. The lowest BCUT2D eigenvalue weighted by Gasteiger charge is -2.67. The highest BCUT2D eigenvalue weighted by atomic mass is 16.3. The van der Waals surface area contributed by atoms with Crippen molar-refractivity contribution in [2.45, 2.75) is 57.7 Å². The zero-order valence-electron chi connectivity index (χ0n) is 11.9. The SMILES string of the molecule is CC12C[NH+]3CC(C)(C[NH+](C1)C31CCCCC1)C2O.